The summed E-state index contributed by atoms with van der Waals surface area (Å²) in [7, 11) is 0. The lowest BCUT2D eigenvalue weighted by Crippen LogP contribution is -2.16. The monoisotopic (exact) mass is 439 g/mol. The molecule has 6 heteroatoms. The predicted octanol–water partition coefficient (Wildman–Crippen LogP) is 5.08. The SMILES string of the molecule is O=C(Cc1csc(NC(=O)Cc2ccccc2)n1)Nc1ccc2c(c1)Cc1ccccc1-2. The Balaban J connectivity index is 1.17. The van der Waals surface area contributed by atoms with Gasteiger partial charge in [0.05, 0.1) is 18.5 Å². The Hall–Kier alpha value is -3.77. The van der Waals surface area contributed by atoms with E-state index in [9.17, 15) is 9.59 Å². The van der Waals surface area contributed by atoms with Crippen LogP contribution in [-0.4, -0.2) is 16.8 Å². The van der Waals surface area contributed by atoms with Gasteiger partial charge in [-0.25, -0.2) is 4.98 Å². The summed E-state index contributed by atoms with van der Waals surface area (Å²) in [6, 6.07) is 24.0. The first kappa shape index (κ1) is 20.2. The van der Waals surface area contributed by atoms with Crippen molar-refractivity contribution < 1.29 is 9.59 Å². The Morgan fingerprint density at radius 3 is 2.44 bits per heavy atom. The van der Waals surface area contributed by atoms with Crippen LogP contribution in [0.25, 0.3) is 11.1 Å². The molecule has 4 aromatic rings. The first-order valence-corrected chi connectivity index (χ1v) is 11.3. The zero-order valence-electron chi connectivity index (χ0n) is 17.3. The van der Waals surface area contributed by atoms with Crippen molar-refractivity contribution in [2.24, 2.45) is 0 Å². The number of anilines is 2. The summed E-state index contributed by atoms with van der Waals surface area (Å²) < 4.78 is 0. The molecule has 0 radical (unpaired) electrons. The lowest BCUT2D eigenvalue weighted by atomic mass is 10.1. The van der Waals surface area contributed by atoms with E-state index in [2.05, 4.69) is 45.9 Å². The lowest BCUT2D eigenvalue weighted by Gasteiger charge is -2.07. The molecule has 0 unspecified atom stereocenters. The first-order chi connectivity index (χ1) is 15.6. The second kappa shape index (κ2) is 8.77. The molecule has 1 aliphatic rings. The third kappa shape index (κ3) is 4.45. The van der Waals surface area contributed by atoms with Crippen LogP contribution in [0.1, 0.15) is 22.4 Å². The molecule has 0 atom stereocenters. The molecule has 5 rings (SSSR count). The Morgan fingerprint density at radius 2 is 1.56 bits per heavy atom. The maximum absolute atomic E-state index is 12.5. The second-order valence-corrected chi connectivity index (χ2v) is 8.64. The molecule has 0 aliphatic heterocycles. The van der Waals surface area contributed by atoms with Crippen LogP contribution < -0.4 is 10.6 Å². The van der Waals surface area contributed by atoms with Crippen LogP contribution in [-0.2, 0) is 28.9 Å². The standard InChI is InChI=1S/C26H21N3O2S/c30-24(12-17-6-2-1-3-7-17)29-26-28-21(16-32-26)15-25(31)27-20-10-11-23-19(14-20)13-18-8-4-5-9-22(18)23/h1-11,14,16H,12-13,15H2,(H,27,31)(H,28,29,30). The number of hydrogen-bond acceptors (Lipinski definition) is 4. The van der Waals surface area contributed by atoms with Gasteiger partial charge in [0, 0.05) is 11.1 Å². The van der Waals surface area contributed by atoms with Crippen LogP contribution in [0.4, 0.5) is 10.8 Å². The highest BCUT2D eigenvalue weighted by Crippen LogP contribution is 2.37. The number of aromatic nitrogens is 1. The van der Waals surface area contributed by atoms with Gasteiger partial charge < -0.3 is 10.6 Å². The first-order valence-electron chi connectivity index (χ1n) is 10.4. The number of amides is 2. The lowest BCUT2D eigenvalue weighted by molar-refractivity contribution is -0.116. The van der Waals surface area contributed by atoms with Gasteiger partial charge in [0.2, 0.25) is 11.8 Å². The fraction of sp³-hybridized carbons (Fsp3) is 0.115. The molecule has 2 N–H and O–H groups in total. The normalized spacial score (nSPS) is 11.5. The van der Waals surface area contributed by atoms with Gasteiger partial charge in [0.1, 0.15) is 0 Å². The van der Waals surface area contributed by atoms with Crippen molar-refractivity contribution in [1.29, 1.82) is 0 Å². The van der Waals surface area contributed by atoms with Gasteiger partial charge in [-0.05, 0) is 46.4 Å². The van der Waals surface area contributed by atoms with Crippen LogP contribution >= 0.6 is 11.3 Å². The van der Waals surface area contributed by atoms with Gasteiger partial charge in [0.25, 0.3) is 0 Å². The van der Waals surface area contributed by atoms with Gasteiger partial charge in [-0.3, -0.25) is 9.59 Å². The number of nitrogens with one attached hydrogen (secondary N) is 2. The molecule has 1 heterocycles. The highest BCUT2D eigenvalue weighted by molar-refractivity contribution is 7.13. The van der Waals surface area contributed by atoms with Crippen molar-refractivity contribution in [3.63, 3.8) is 0 Å². The summed E-state index contributed by atoms with van der Waals surface area (Å²) in [5.74, 6) is -0.256. The molecule has 2 amide bonds. The van der Waals surface area contributed by atoms with Crippen molar-refractivity contribution in [1.82, 2.24) is 4.98 Å². The molecule has 32 heavy (non-hydrogen) atoms. The Bertz CT molecular complexity index is 1300. The minimum atomic E-state index is -0.132. The van der Waals surface area contributed by atoms with E-state index in [1.807, 2.05) is 42.5 Å². The van der Waals surface area contributed by atoms with Crippen molar-refractivity contribution in [3.8, 4) is 11.1 Å². The van der Waals surface area contributed by atoms with E-state index >= 15 is 0 Å². The third-order valence-electron chi connectivity index (χ3n) is 5.42. The number of carbonyl (C=O) groups is 2. The van der Waals surface area contributed by atoms with Crippen LogP contribution in [0.15, 0.2) is 78.2 Å². The van der Waals surface area contributed by atoms with Crippen molar-refractivity contribution >= 4 is 34.0 Å². The largest absolute Gasteiger partial charge is 0.326 e. The molecule has 3 aromatic carbocycles. The van der Waals surface area contributed by atoms with E-state index in [4.69, 9.17) is 0 Å². The fourth-order valence-electron chi connectivity index (χ4n) is 3.98. The molecular weight excluding hydrogens is 418 g/mol. The van der Waals surface area contributed by atoms with E-state index < -0.39 is 0 Å². The van der Waals surface area contributed by atoms with Gasteiger partial charge >= 0.3 is 0 Å². The van der Waals surface area contributed by atoms with Crippen LogP contribution in [0.2, 0.25) is 0 Å². The molecule has 0 bridgehead atoms. The molecule has 0 spiro atoms. The summed E-state index contributed by atoms with van der Waals surface area (Å²) in [5, 5.41) is 8.08. The highest BCUT2D eigenvalue weighted by atomic mass is 32.1. The van der Waals surface area contributed by atoms with Crippen LogP contribution in [0.3, 0.4) is 0 Å². The number of carbonyl (C=O) groups excluding carboxylic acids is 2. The van der Waals surface area contributed by atoms with Gasteiger partial charge in [0.15, 0.2) is 5.13 Å². The molecule has 0 fully saturated rings. The quantitative estimate of drug-likeness (QED) is 0.388. The molecule has 1 aromatic heterocycles. The van der Waals surface area contributed by atoms with E-state index in [-0.39, 0.29) is 18.2 Å². The molecular formula is C26H21N3O2S. The summed E-state index contributed by atoms with van der Waals surface area (Å²) in [6.45, 7) is 0. The minimum Gasteiger partial charge on any atom is -0.326 e. The fourth-order valence-corrected chi connectivity index (χ4v) is 4.71. The van der Waals surface area contributed by atoms with Crippen LogP contribution in [0.5, 0.6) is 0 Å². The summed E-state index contributed by atoms with van der Waals surface area (Å²) in [6.07, 6.45) is 1.33. The van der Waals surface area contributed by atoms with E-state index in [0.29, 0.717) is 17.2 Å². The average Bonchev–Trinajstić information content (AvgIpc) is 3.37. The number of rotatable bonds is 6. The smallest absolute Gasteiger partial charge is 0.230 e. The van der Waals surface area contributed by atoms with E-state index in [1.165, 1.54) is 33.6 Å². The van der Waals surface area contributed by atoms with E-state index in [0.717, 1.165) is 17.7 Å². The maximum atomic E-state index is 12.5. The van der Waals surface area contributed by atoms with Crippen LogP contribution in [0, 0.1) is 0 Å². The third-order valence-corrected chi connectivity index (χ3v) is 6.23. The van der Waals surface area contributed by atoms with Crippen molar-refractivity contribution in [2.75, 3.05) is 10.6 Å². The Labute approximate surface area is 190 Å². The number of benzene rings is 3. The number of thiazole rings is 1. The van der Waals surface area contributed by atoms with E-state index in [1.54, 1.807) is 5.38 Å². The number of hydrogen-bond donors (Lipinski definition) is 2. The van der Waals surface area contributed by atoms with Gasteiger partial charge in [-0.2, -0.15) is 0 Å². The predicted molar refractivity (Wildman–Crippen MR) is 128 cm³/mol. The summed E-state index contributed by atoms with van der Waals surface area (Å²) in [4.78, 5) is 29.1. The zero-order chi connectivity index (χ0) is 21.9. The molecule has 158 valence electrons. The molecule has 0 saturated heterocycles. The maximum Gasteiger partial charge on any atom is 0.230 e. The van der Waals surface area contributed by atoms with Crippen molar-refractivity contribution in [2.45, 2.75) is 19.3 Å². The summed E-state index contributed by atoms with van der Waals surface area (Å²) >= 11 is 1.32. The molecule has 0 saturated carbocycles. The molecule has 5 nitrogen and oxygen atoms in total. The number of nitrogens with zero attached hydrogens (tertiary/aromatic N) is 1. The average molecular weight is 440 g/mol. The number of fused-ring (bicyclic) bond motifs is 3. The highest BCUT2D eigenvalue weighted by Gasteiger charge is 2.18. The van der Waals surface area contributed by atoms with Gasteiger partial charge in [-0.1, -0.05) is 60.7 Å². The Morgan fingerprint density at radius 1 is 0.812 bits per heavy atom. The van der Waals surface area contributed by atoms with Crippen molar-refractivity contribution in [3.05, 3.63) is 101 Å². The summed E-state index contributed by atoms with van der Waals surface area (Å²) in [5.41, 5.74) is 7.40. The second-order valence-electron chi connectivity index (χ2n) is 7.79. The zero-order valence-corrected chi connectivity index (χ0v) is 18.1. The van der Waals surface area contributed by atoms with Gasteiger partial charge in [-0.15, -0.1) is 11.3 Å². The molecule has 1 aliphatic carbocycles. The minimum absolute atomic E-state index is 0.124. The Kier molecular flexibility index (Phi) is 5.52. The topological polar surface area (TPSA) is 71.1 Å².